The fraction of sp³-hybridized carbons (Fsp3) is 0.300. The van der Waals surface area contributed by atoms with Gasteiger partial charge < -0.3 is 14.7 Å². The Morgan fingerprint density at radius 2 is 1.67 bits per heavy atom. The van der Waals surface area contributed by atoms with Gasteiger partial charge in [-0.3, -0.25) is 14.5 Å². The van der Waals surface area contributed by atoms with Crippen molar-refractivity contribution in [3.63, 3.8) is 0 Å². The molecule has 0 bridgehead atoms. The summed E-state index contributed by atoms with van der Waals surface area (Å²) in [6, 6.07) is 12.9. The van der Waals surface area contributed by atoms with E-state index < -0.39 is 21.3 Å². The van der Waals surface area contributed by atoms with Gasteiger partial charge in [0, 0.05) is 67.6 Å². The zero-order chi connectivity index (χ0) is 28.5. The van der Waals surface area contributed by atoms with Gasteiger partial charge in [-0.25, -0.2) is 17.8 Å². The van der Waals surface area contributed by atoms with Crippen molar-refractivity contribution in [1.29, 1.82) is 0 Å². The minimum Gasteiger partial charge on any atom is -0.352 e. The molecule has 9 nitrogen and oxygen atoms in total. The number of nitrogens with zero attached hydrogens (tertiary/aromatic N) is 5. The van der Waals surface area contributed by atoms with Gasteiger partial charge in [0.2, 0.25) is 5.91 Å². The molecule has 1 aliphatic carbocycles. The van der Waals surface area contributed by atoms with Gasteiger partial charge in [-0.2, -0.15) is 0 Å². The number of carbonyl (C=O) groups excluding carboxylic acids is 1. The monoisotopic (exact) mass is 608 g/mol. The molecule has 7 rings (SSSR count). The Labute approximate surface area is 249 Å². The third kappa shape index (κ3) is 4.47. The van der Waals surface area contributed by atoms with Crippen LogP contribution in [0.4, 0.5) is 21.6 Å². The van der Waals surface area contributed by atoms with E-state index in [9.17, 15) is 13.2 Å². The lowest BCUT2D eigenvalue weighted by Crippen LogP contribution is -2.45. The fourth-order valence-corrected chi connectivity index (χ4v) is 7.13. The van der Waals surface area contributed by atoms with Gasteiger partial charge in [-0.1, -0.05) is 18.2 Å². The first-order valence-corrected chi connectivity index (χ1v) is 15.1. The molecule has 0 radical (unpaired) electrons. The Bertz CT molecular complexity index is 1830. The third-order valence-electron chi connectivity index (χ3n) is 8.52. The number of hydrogen-bond acceptors (Lipinski definition) is 7. The van der Waals surface area contributed by atoms with Gasteiger partial charge in [0.25, 0.3) is 10.0 Å². The molecular formula is C30H30ClFN6O3S. The molecule has 1 N–H and O–H groups in total. The molecule has 1 saturated heterocycles. The molecule has 3 aliphatic rings. The second kappa shape index (κ2) is 10.2. The number of halogens is 2. The predicted octanol–water partition coefficient (Wildman–Crippen LogP) is 4.42. The normalized spacial score (nSPS) is 17.8. The first kappa shape index (κ1) is 28.3. The van der Waals surface area contributed by atoms with Gasteiger partial charge in [-0.15, -0.1) is 12.4 Å². The molecule has 1 saturated carbocycles. The van der Waals surface area contributed by atoms with Gasteiger partial charge >= 0.3 is 0 Å². The number of anilines is 3. The molecule has 2 fully saturated rings. The van der Waals surface area contributed by atoms with Crippen LogP contribution in [-0.2, 0) is 20.2 Å². The van der Waals surface area contributed by atoms with Gasteiger partial charge in [-0.05, 0) is 44.2 Å². The summed E-state index contributed by atoms with van der Waals surface area (Å²) in [5.74, 6) is 0.0382. The Kier molecular flexibility index (Phi) is 6.87. The third-order valence-corrected chi connectivity index (χ3v) is 9.90. The number of benzene rings is 2. The van der Waals surface area contributed by atoms with Crippen LogP contribution in [0.3, 0.4) is 0 Å². The first-order chi connectivity index (χ1) is 19.7. The number of amides is 1. The van der Waals surface area contributed by atoms with Crippen LogP contribution in [0.2, 0.25) is 0 Å². The van der Waals surface area contributed by atoms with Crippen molar-refractivity contribution in [3.05, 3.63) is 72.3 Å². The van der Waals surface area contributed by atoms with Crippen molar-refractivity contribution in [1.82, 2.24) is 14.9 Å². The van der Waals surface area contributed by atoms with E-state index in [2.05, 4.69) is 19.6 Å². The molecule has 2 aliphatic heterocycles. The predicted molar refractivity (Wildman–Crippen MR) is 163 cm³/mol. The van der Waals surface area contributed by atoms with Crippen molar-refractivity contribution in [3.8, 4) is 11.1 Å². The zero-order valence-corrected chi connectivity index (χ0v) is 24.8. The number of rotatable bonds is 5. The lowest BCUT2D eigenvalue weighted by Gasteiger charge is -2.34. The number of pyridine rings is 2. The summed E-state index contributed by atoms with van der Waals surface area (Å²) in [6.07, 6.45) is 4.73. The number of carbonyl (C=O) groups is 1. The van der Waals surface area contributed by atoms with E-state index in [0.29, 0.717) is 30.0 Å². The standard InChI is InChI=1S/C30H29FN6O3S.ClH/c1-35-10-12-37(13-11-35)28-25(34-41(39,40)20-6-4-3-5-7-20)14-19(17-33-28)21-15-22-24(16-23(21)31)32-18-26-27(22)30(8-9-30)29(38)36(26)2;/h3-7,14-18,34H,8-13H2,1-2H3;1H. The summed E-state index contributed by atoms with van der Waals surface area (Å²) in [5.41, 5.74) is 2.52. The molecule has 218 valence electrons. The Balaban J connectivity index is 0.00000316. The van der Waals surface area contributed by atoms with Crippen LogP contribution in [0.1, 0.15) is 18.4 Å². The Hall–Kier alpha value is -3.80. The summed E-state index contributed by atoms with van der Waals surface area (Å²) < 4.78 is 45.1. The number of nitrogens with one attached hydrogen (secondary N) is 1. The molecule has 0 atom stereocenters. The molecule has 2 aromatic heterocycles. The molecular weight excluding hydrogens is 579 g/mol. The summed E-state index contributed by atoms with van der Waals surface area (Å²) in [5, 5.41) is 0.726. The Morgan fingerprint density at radius 1 is 0.952 bits per heavy atom. The van der Waals surface area contributed by atoms with Crippen LogP contribution in [0.15, 0.2) is 65.8 Å². The lowest BCUT2D eigenvalue weighted by atomic mass is 9.92. The maximum Gasteiger partial charge on any atom is 0.262 e. The van der Waals surface area contributed by atoms with E-state index in [4.69, 9.17) is 0 Å². The van der Waals surface area contributed by atoms with Crippen molar-refractivity contribution < 1.29 is 17.6 Å². The van der Waals surface area contributed by atoms with Crippen LogP contribution in [0.25, 0.3) is 22.0 Å². The second-order valence-corrected chi connectivity index (χ2v) is 12.8. The van der Waals surface area contributed by atoms with Crippen LogP contribution >= 0.6 is 12.4 Å². The zero-order valence-electron chi connectivity index (χ0n) is 23.2. The second-order valence-electron chi connectivity index (χ2n) is 11.1. The molecule has 4 aromatic rings. The van der Waals surface area contributed by atoms with E-state index in [1.807, 2.05) is 11.9 Å². The quantitative estimate of drug-likeness (QED) is 0.358. The van der Waals surface area contributed by atoms with Gasteiger partial charge in [0.05, 0.1) is 33.4 Å². The van der Waals surface area contributed by atoms with Crippen LogP contribution in [0.5, 0.6) is 0 Å². The highest BCUT2D eigenvalue weighted by Crippen LogP contribution is 2.58. The van der Waals surface area contributed by atoms with Crippen LogP contribution < -0.4 is 14.5 Å². The van der Waals surface area contributed by atoms with E-state index in [1.54, 1.807) is 54.7 Å². The van der Waals surface area contributed by atoms with Gasteiger partial charge in [0.1, 0.15) is 5.82 Å². The number of likely N-dealkylation sites (N-methyl/N-ethyl adjacent to an activating group) is 2. The van der Waals surface area contributed by atoms with Gasteiger partial charge in [0.15, 0.2) is 5.82 Å². The van der Waals surface area contributed by atoms with Crippen LogP contribution in [-0.4, -0.2) is 69.5 Å². The smallest absolute Gasteiger partial charge is 0.262 e. The number of aromatic nitrogens is 2. The largest absolute Gasteiger partial charge is 0.352 e. The van der Waals surface area contributed by atoms with E-state index in [-0.39, 0.29) is 34.5 Å². The fourth-order valence-electron chi connectivity index (χ4n) is 6.06. The maximum atomic E-state index is 15.7. The number of fused-ring (bicyclic) bond motifs is 4. The molecule has 0 unspecified atom stereocenters. The maximum absolute atomic E-state index is 15.7. The Morgan fingerprint density at radius 3 is 2.36 bits per heavy atom. The van der Waals surface area contributed by atoms with Crippen LogP contribution in [0, 0.1) is 5.82 Å². The minimum atomic E-state index is -3.93. The molecule has 42 heavy (non-hydrogen) atoms. The molecule has 4 heterocycles. The van der Waals surface area contributed by atoms with Crippen molar-refractivity contribution in [2.75, 3.05) is 54.8 Å². The van der Waals surface area contributed by atoms with Crippen molar-refractivity contribution in [2.24, 2.45) is 0 Å². The summed E-state index contributed by atoms with van der Waals surface area (Å²) >= 11 is 0. The average Bonchev–Trinajstić information content (AvgIpc) is 3.74. The number of hydrogen-bond donors (Lipinski definition) is 1. The highest BCUT2D eigenvalue weighted by atomic mass is 35.5. The number of sulfonamides is 1. The van der Waals surface area contributed by atoms with Crippen molar-refractivity contribution >= 4 is 56.4 Å². The minimum absolute atomic E-state index is 0. The van der Waals surface area contributed by atoms with E-state index >= 15 is 4.39 Å². The lowest BCUT2D eigenvalue weighted by molar-refractivity contribution is -0.119. The molecule has 1 amide bonds. The van der Waals surface area contributed by atoms with Crippen molar-refractivity contribution in [2.45, 2.75) is 23.2 Å². The SMILES string of the molecule is CN1CCN(c2ncc(-c3cc4c5c(cnc4cc3F)N(C)C(=O)C53CC3)cc2NS(=O)(=O)c2ccccc2)CC1.Cl. The average molecular weight is 609 g/mol. The number of piperazine rings is 1. The summed E-state index contributed by atoms with van der Waals surface area (Å²) in [7, 11) is -0.142. The molecule has 12 heteroatoms. The highest BCUT2D eigenvalue weighted by Gasteiger charge is 2.59. The summed E-state index contributed by atoms with van der Waals surface area (Å²) in [4.78, 5) is 28.2. The van der Waals surface area contributed by atoms with E-state index in [1.165, 1.54) is 18.2 Å². The molecule has 2 aromatic carbocycles. The van der Waals surface area contributed by atoms with E-state index in [0.717, 1.165) is 42.6 Å². The first-order valence-electron chi connectivity index (χ1n) is 13.6. The highest BCUT2D eigenvalue weighted by molar-refractivity contribution is 7.92. The summed E-state index contributed by atoms with van der Waals surface area (Å²) in [6.45, 7) is 2.96. The topological polar surface area (TPSA) is 98.7 Å². The molecule has 1 spiro atoms.